The number of carbonyl (C=O) groups excluding carboxylic acids is 1. The minimum Gasteiger partial charge on any atom is -0.361 e. The first-order valence-electron chi connectivity index (χ1n) is 8.31. The molecule has 0 aromatic carbocycles. The van der Waals surface area contributed by atoms with E-state index in [0.717, 1.165) is 17.0 Å². The van der Waals surface area contributed by atoms with Crippen LogP contribution in [0.25, 0.3) is 0 Å². The zero-order chi connectivity index (χ0) is 18.7. The molecule has 1 amide bonds. The Labute approximate surface area is 156 Å². The smallest absolute Gasteiger partial charge is 0.259 e. The number of rotatable bonds is 6. The minimum atomic E-state index is -0.207. The summed E-state index contributed by atoms with van der Waals surface area (Å²) in [5, 5.41) is 11.8. The Morgan fingerprint density at radius 2 is 2.12 bits per heavy atom. The van der Waals surface area contributed by atoms with Gasteiger partial charge in [0.05, 0.1) is 17.5 Å². The summed E-state index contributed by atoms with van der Waals surface area (Å²) >= 11 is 1.49. The Hall–Kier alpha value is -2.61. The van der Waals surface area contributed by atoms with Crippen LogP contribution < -0.4 is 5.32 Å². The maximum atomic E-state index is 12.8. The number of nitrogens with one attached hydrogen (secondary N) is 1. The van der Waals surface area contributed by atoms with Gasteiger partial charge in [0.1, 0.15) is 16.6 Å². The molecule has 0 aliphatic rings. The highest BCUT2D eigenvalue weighted by Gasteiger charge is 2.17. The molecule has 26 heavy (non-hydrogen) atoms. The fourth-order valence-electron chi connectivity index (χ4n) is 2.54. The predicted molar refractivity (Wildman–Crippen MR) is 100 cm³/mol. The fourth-order valence-corrected chi connectivity index (χ4v) is 3.68. The third-order valence-electron chi connectivity index (χ3n) is 3.95. The number of hydrogen-bond acceptors (Lipinski definition) is 6. The molecule has 0 saturated heterocycles. The van der Waals surface area contributed by atoms with Crippen LogP contribution in [0.5, 0.6) is 0 Å². The molecule has 0 aliphatic heterocycles. The molecule has 8 heteroatoms. The van der Waals surface area contributed by atoms with Gasteiger partial charge in [0.15, 0.2) is 0 Å². The normalized spacial score (nSPS) is 11.1. The van der Waals surface area contributed by atoms with Gasteiger partial charge in [0.25, 0.3) is 5.91 Å². The van der Waals surface area contributed by atoms with Crippen LogP contribution in [0.3, 0.4) is 0 Å². The van der Waals surface area contributed by atoms with Gasteiger partial charge in [-0.15, -0.1) is 11.8 Å². The number of aryl methyl sites for hydroxylation is 2. The molecule has 7 nitrogen and oxygen atoms in total. The van der Waals surface area contributed by atoms with Crippen LogP contribution >= 0.6 is 11.8 Å². The van der Waals surface area contributed by atoms with E-state index in [2.05, 4.69) is 20.6 Å². The summed E-state index contributed by atoms with van der Waals surface area (Å²) in [6, 6.07) is 5.47. The molecule has 0 radical (unpaired) electrons. The molecule has 0 spiro atoms. The van der Waals surface area contributed by atoms with Crippen LogP contribution in [-0.4, -0.2) is 25.8 Å². The van der Waals surface area contributed by atoms with E-state index < -0.39 is 0 Å². The van der Waals surface area contributed by atoms with Crippen LogP contribution in [0, 0.1) is 13.8 Å². The van der Waals surface area contributed by atoms with E-state index in [4.69, 9.17) is 4.52 Å². The van der Waals surface area contributed by atoms with Crippen LogP contribution in [0.2, 0.25) is 0 Å². The number of nitrogens with zero attached hydrogens (tertiary/aromatic N) is 4. The molecule has 0 saturated carbocycles. The van der Waals surface area contributed by atoms with Gasteiger partial charge in [-0.1, -0.05) is 5.16 Å². The number of pyridine rings is 1. The molecule has 136 valence electrons. The van der Waals surface area contributed by atoms with Crippen molar-refractivity contribution in [3.05, 3.63) is 53.2 Å². The molecule has 3 aromatic heterocycles. The first kappa shape index (κ1) is 18.2. The quantitative estimate of drug-likeness (QED) is 0.659. The molecular formula is C18H21N5O2S. The lowest BCUT2D eigenvalue weighted by Gasteiger charge is -2.13. The Morgan fingerprint density at radius 3 is 2.81 bits per heavy atom. The molecule has 3 rings (SSSR count). The lowest BCUT2D eigenvalue weighted by molar-refractivity contribution is 0.102. The SMILES string of the molecule is Cc1noc(C)c1CSc1ncccc1C(=O)Nc1ccnn1C(C)C. The van der Waals surface area contributed by atoms with Crippen molar-refractivity contribution in [3.63, 3.8) is 0 Å². The predicted octanol–water partition coefficient (Wildman–Crippen LogP) is 4.01. The van der Waals surface area contributed by atoms with E-state index >= 15 is 0 Å². The van der Waals surface area contributed by atoms with Crippen molar-refractivity contribution in [2.75, 3.05) is 5.32 Å². The van der Waals surface area contributed by atoms with E-state index in [9.17, 15) is 4.79 Å². The summed E-state index contributed by atoms with van der Waals surface area (Å²) in [6.45, 7) is 7.82. The van der Waals surface area contributed by atoms with Gasteiger partial charge in [0.2, 0.25) is 0 Å². The van der Waals surface area contributed by atoms with Crippen LogP contribution in [0.15, 0.2) is 40.1 Å². The van der Waals surface area contributed by atoms with Crippen molar-refractivity contribution in [2.45, 2.75) is 44.5 Å². The standard InChI is InChI=1S/C18H21N5O2S/c1-11(2)23-16(7-9-20-23)21-17(24)14-6-5-8-19-18(14)26-10-15-12(3)22-25-13(15)4/h5-9,11H,10H2,1-4H3,(H,21,24). The molecule has 1 N–H and O–H groups in total. The number of carbonyl (C=O) groups is 1. The van der Waals surface area contributed by atoms with Crippen molar-refractivity contribution in [1.29, 1.82) is 0 Å². The molecule has 0 unspecified atom stereocenters. The average Bonchev–Trinajstić information content (AvgIpc) is 3.20. The minimum absolute atomic E-state index is 0.155. The van der Waals surface area contributed by atoms with Gasteiger partial charge in [-0.05, 0) is 39.8 Å². The van der Waals surface area contributed by atoms with E-state index in [1.165, 1.54) is 11.8 Å². The van der Waals surface area contributed by atoms with E-state index in [0.29, 0.717) is 22.2 Å². The number of thioether (sulfide) groups is 1. The van der Waals surface area contributed by atoms with E-state index in [1.807, 2.05) is 27.7 Å². The van der Waals surface area contributed by atoms with Gasteiger partial charge in [-0.25, -0.2) is 9.67 Å². The zero-order valence-corrected chi connectivity index (χ0v) is 16.0. The molecule has 0 bridgehead atoms. The largest absolute Gasteiger partial charge is 0.361 e. The van der Waals surface area contributed by atoms with Gasteiger partial charge < -0.3 is 9.84 Å². The zero-order valence-electron chi connectivity index (χ0n) is 15.2. The Bertz CT molecular complexity index is 896. The highest BCUT2D eigenvalue weighted by atomic mass is 32.2. The summed E-state index contributed by atoms with van der Waals surface area (Å²) in [7, 11) is 0. The first-order chi connectivity index (χ1) is 12.5. The molecule has 0 atom stereocenters. The second kappa shape index (κ2) is 7.74. The van der Waals surface area contributed by atoms with E-state index in [-0.39, 0.29) is 11.9 Å². The van der Waals surface area contributed by atoms with Crippen LogP contribution in [-0.2, 0) is 5.75 Å². The molecule has 3 heterocycles. The maximum absolute atomic E-state index is 12.8. The van der Waals surface area contributed by atoms with Gasteiger partial charge in [-0.3, -0.25) is 4.79 Å². The topological polar surface area (TPSA) is 85.8 Å². The second-order valence-electron chi connectivity index (χ2n) is 6.16. The number of anilines is 1. The summed E-state index contributed by atoms with van der Waals surface area (Å²) in [5.74, 6) is 1.89. The number of amides is 1. The number of aromatic nitrogens is 4. The summed E-state index contributed by atoms with van der Waals surface area (Å²) in [4.78, 5) is 17.1. The summed E-state index contributed by atoms with van der Waals surface area (Å²) < 4.78 is 6.96. The fraction of sp³-hybridized carbons (Fsp3) is 0.333. The highest BCUT2D eigenvalue weighted by molar-refractivity contribution is 7.98. The number of hydrogen-bond donors (Lipinski definition) is 1. The maximum Gasteiger partial charge on any atom is 0.259 e. The van der Waals surface area contributed by atoms with Crippen LogP contribution in [0.4, 0.5) is 5.82 Å². The Morgan fingerprint density at radius 1 is 1.31 bits per heavy atom. The van der Waals surface area contributed by atoms with Gasteiger partial charge >= 0.3 is 0 Å². The van der Waals surface area contributed by atoms with E-state index in [1.54, 1.807) is 35.3 Å². The van der Waals surface area contributed by atoms with Crippen molar-refractivity contribution in [1.82, 2.24) is 19.9 Å². The van der Waals surface area contributed by atoms with Crippen LogP contribution in [0.1, 0.15) is 47.3 Å². The van der Waals surface area contributed by atoms with Crippen molar-refractivity contribution in [2.24, 2.45) is 0 Å². The molecule has 0 aliphatic carbocycles. The molecule has 0 fully saturated rings. The monoisotopic (exact) mass is 371 g/mol. The second-order valence-corrected chi connectivity index (χ2v) is 7.12. The van der Waals surface area contributed by atoms with Crippen molar-refractivity contribution in [3.8, 4) is 0 Å². The summed E-state index contributed by atoms with van der Waals surface area (Å²) in [5.41, 5.74) is 2.42. The van der Waals surface area contributed by atoms with Gasteiger partial charge in [-0.2, -0.15) is 5.10 Å². The first-order valence-corrected chi connectivity index (χ1v) is 9.30. The lowest BCUT2D eigenvalue weighted by Crippen LogP contribution is -2.17. The molecular weight excluding hydrogens is 350 g/mol. The lowest BCUT2D eigenvalue weighted by atomic mass is 10.2. The third kappa shape index (κ3) is 3.80. The highest BCUT2D eigenvalue weighted by Crippen LogP contribution is 2.27. The summed E-state index contributed by atoms with van der Waals surface area (Å²) in [6.07, 6.45) is 3.36. The van der Waals surface area contributed by atoms with Crippen molar-refractivity contribution >= 4 is 23.5 Å². The van der Waals surface area contributed by atoms with Crippen molar-refractivity contribution < 1.29 is 9.32 Å². The Kier molecular flexibility index (Phi) is 5.41. The molecule has 3 aromatic rings. The Balaban J connectivity index is 1.78. The van der Waals surface area contributed by atoms with Gasteiger partial charge in [0, 0.05) is 29.6 Å². The third-order valence-corrected chi connectivity index (χ3v) is 4.98. The average molecular weight is 371 g/mol.